The first-order valence-corrected chi connectivity index (χ1v) is 9.33. The zero-order valence-electron chi connectivity index (χ0n) is 15.7. The van der Waals surface area contributed by atoms with Crippen LogP contribution in [0.25, 0.3) is 0 Å². The minimum Gasteiger partial charge on any atom is -0.327 e. The smallest absolute Gasteiger partial charge is 0.256 e. The zero-order chi connectivity index (χ0) is 20.7. The van der Waals surface area contributed by atoms with E-state index in [1.165, 1.54) is 34.1 Å². The van der Waals surface area contributed by atoms with Crippen LogP contribution < -0.4 is 10.2 Å². The normalized spacial score (nSPS) is 18.4. The van der Waals surface area contributed by atoms with Crippen LogP contribution in [0.1, 0.15) is 28.8 Å². The van der Waals surface area contributed by atoms with E-state index in [1.807, 2.05) is 0 Å². The number of fused-ring (bicyclic) bond motifs is 2. The number of nitrogens with one attached hydrogen (secondary N) is 1. The maximum atomic E-state index is 13.8. The lowest BCUT2D eigenvalue weighted by Gasteiger charge is -2.25. The third kappa shape index (κ3) is 3.46. The lowest BCUT2D eigenvalue weighted by molar-refractivity contribution is -0.124. The summed E-state index contributed by atoms with van der Waals surface area (Å²) in [7, 11) is 0. The number of hydrogen-bond acceptors (Lipinski definition) is 3. The number of rotatable bonds is 3. The fraction of sp³-hybridized carbons (Fsp3) is 0.286. The molecule has 2 aliphatic heterocycles. The van der Waals surface area contributed by atoms with Crippen molar-refractivity contribution in [1.29, 1.82) is 0 Å². The van der Waals surface area contributed by atoms with E-state index >= 15 is 0 Å². The van der Waals surface area contributed by atoms with Crippen molar-refractivity contribution in [1.82, 2.24) is 4.90 Å². The molecule has 150 valence electrons. The quantitative estimate of drug-likeness (QED) is 0.863. The Morgan fingerprint density at radius 1 is 1.14 bits per heavy atom. The number of hydrogen-bond donors (Lipinski definition) is 1. The molecule has 0 spiro atoms. The number of carbonyl (C=O) groups is 3. The number of carbonyl (C=O) groups excluding carboxylic acids is 3. The Balaban J connectivity index is 1.66. The van der Waals surface area contributed by atoms with E-state index in [0.717, 1.165) is 12.1 Å². The van der Waals surface area contributed by atoms with Crippen LogP contribution in [0.2, 0.25) is 0 Å². The van der Waals surface area contributed by atoms with Crippen molar-refractivity contribution in [3.05, 3.63) is 59.2 Å². The predicted molar refractivity (Wildman–Crippen MR) is 103 cm³/mol. The molecule has 0 saturated carbocycles. The van der Waals surface area contributed by atoms with Gasteiger partial charge in [0.1, 0.15) is 24.2 Å². The molecule has 0 aliphatic carbocycles. The summed E-state index contributed by atoms with van der Waals surface area (Å²) in [6, 6.07) is 6.90. The third-order valence-corrected chi connectivity index (χ3v) is 5.31. The lowest BCUT2D eigenvalue weighted by Crippen LogP contribution is -2.47. The van der Waals surface area contributed by atoms with E-state index in [-0.39, 0.29) is 23.7 Å². The minimum absolute atomic E-state index is 0.0634. The number of nitrogens with zero attached hydrogens (tertiary/aromatic N) is 2. The predicted octanol–water partition coefficient (Wildman–Crippen LogP) is 2.86. The van der Waals surface area contributed by atoms with Crippen molar-refractivity contribution >= 4 is 29.1 Å². The van der Waals surface area contributed by atoms with Crippen molar-refractivity contribution in [2.24, 2.45) is 0 Å². The molecule has 2 aromatic carbocycles. The number of benzene rings is 2. The highest BCUT2D eigenvalue weighted by Gasteiger charge is 2.42. The van der Waals surface area contributed by atoms with E-state index < -0.39 is 29.5 Å². The van der Waals surface area contributed by atoms with E-state index in [4.69, 9.17) is 0 Å². The first-order valence-electron chi connectivity index (χ1n) is 9.33. The van der Waals surface area contributed by atoms with Gasteiger partial charge in [0.05, 0.1) is 11.3 Å². The highest BCUT2D eigenvalue weighted by Crippen LogP contribution is 2.33. The zero-order valence-corrected chi connectivity index (χ0v) is 15.7. The van der Waals surface area contributed by atoms with Crippen molar-refractivity contribution in [2.45, 2.75) is 25.8 Å². The molecule has 0 aromatic heterocycles. The molecule has 1 N–H and O–H groups in total. The van der Waals surface area contributed by atoms with Crippen LogP contribution in [-0.2, 0) is 9.59 Å². The molecule has 29 heavy (non-hydrogen) atoms. The van der Waals surface area contributed by atoms with Crippen molar-refractivity contribution in [2.75, 3.05) is 23.3 Å². The third-order valence-electron chi connectivity index (χ3n) is 5.31. The Bertz CT molecular complexity index is 1020. The summed E-state index contributed by atoms with van der Waals surface area (Å²) in [5, 5.41) is 2.67. The largest absolute Gasteiger partial charge is 0.327 e. The molecular formula is C21H19F2N3O3. The molecule has 8 heteroatoms. The Hall–Kier alpha value is -3.29. The fourth-order valence-electron chi connectivity index (χ4n) is 3.90. The average molecular weight is 399 g/mol. The second-order valence-corrected chi connectivity index (χ2v) is 7.25. The first-order chi connectivity index (χ1) is 13.8. The van der Waals surface area contributed by atoms with Crippen LogP contribution in [0.5, 0.6) is 0 Å². The molecule has 2 heterocycles. The molecule has 0 radical (unpaired) electrons. The van der Waals surface area contributed by atoms with Crippen LogP contribution in [-0.4, -0.2) is 41.8 Å². The minimum atomic E-state index is -0.668. The summed E-state index contributed by atoms with van der Waals surface area (Å²) < 4.78 is 27.1. The maximum Gasteiger partial charge on any atom is 0.256 e. The Morgan fingerprint density at radius 2 is 1.86 bits per heavy atom. The van der Waals surface area contributed by atoms with Gasteiger partial charge in [-0.25, -0.2) is 8.78 Å². The maximum absolute atomic E-state index is 13.8. The molecule has 2 aromatic rings. The second-order valence-electron chi connectivity index (χ2n) is 7.25. The van der Waals surface area contributed by atoms with Gasteiger partial charge in [0.25, 0.3) is 5.91 Å². The molecule has 1 saturated heterocycles. The molecule has 3 amide bonds. The van der Waals surface area contributed by atoms with Gasteiger partial charge >= 0.3 is 0 Å². The molecule has 2 aliphatic rings. The number of anilines is 2. The molecule has 6 nitrogen and oxygen atoms in total. The highest BCUT2D eigenvalue weighted by molar-refractivity contribution is 6.13. The van der Waals surface area contributed by atoms with Crippen LogP contribution in [0, 0.1) is 18.6 Å². The average Bonchev–Trinajstić information content (AvgIpc) is 3.15. The topological polar surface area (TPSA) is 69.7 Å². The van der Waals surface area contributed by atoms with Gasteiger partial charge in [0, 0.05) is 12.2 Å². The van der Waals surface area contributed by atoms with Gasteiger partial charge in [-0.1, -0.05) is 0 Å². The van der Waals surface area contributed by atoms with E-state index in [0.29, 0.717) is 30.6 Å². The van der Waals surface area contributed by atoms with Crippen LogP contribution in [0.15, 0.2) is 36.4 Å². The summed E-state index contributed by atoms with van der Waals surface area (Å²) in [4.78, 5) is 41.3. The van der Waals surface area contributed by atoms with Crippen LogP contribution in [0.4, 0.5) is 20.2 Å². The van der Waals surface area contributed by atoms with Gasteiger partial charge in [-0.15, -0.1) is 0 Å². The highest BCUT2D eigenvalue weighted by atomic mass is 19.1. The van der Waals surface area contributed by atoms with Gasteiger partial charge < -0.3 is 15.1 Å². The van der Waals surface area contributed by atoms with E-state index in [1.54, 1.807) is 6.92 Å². The van der Waals surface area contributed by atoms with Gasteiger partial charge in [-0.05, 0) is 61.7 Å². The summed E-state index contributed by atoms with van der Waals surface area (Å²) in [5.41, 5.74) is 1.24. The van der Waals surface area contributed by atoms with Gasteiger partial charge in [-0.2, -0.15) is 0 Å². The summed E-state index contributed by atoms with van der Waals surface area (Å²) >= 11 is 0. The molecule has 4 rings (SSSR count). The van der Waals surface area contributed by atoms with Crippen LogP contribution in [0.3, 0.4) is 0 Å². The number of amides is 3. The monoisotopic (exact) mass is 399 g/mol. The molecule has 1 fully saturated rings. The second kappa shape index (κ2) is 7.27. The Labute approximate surface area is 166 Å². The summed E-state index contributed by atoms with van der Waals surface area (Å²) in [5.74, 6) is -2.28. The Kier molecular flexibility index (Phi) is 4.77. The first kappa shape index (κ1) is 19.0. The molecule has 1 unspecified atom stereocenters. The summed E-state index contributed by atoms with van der Waals surface area (Å²) in [6.07, 6.45) is 1.16. The van der Waals surface area contributed by atoms with Gasteiger partial charge in [0.15, 0.2) is 0 Å². The van der Waals surface area contributed by atoms with Crippen LogP contribution >= 0.6 is 0 Å². The van der Waals surface area contributed by atoms with Crippen molar-refractivity contribution in [3.8, 4) is 0 Å². The van der Waals surface area contributed by atoms with Gasteiger partial charge in [0.2, 0.25) is 11.8 Å². The lowest BCUT2D eigenvalue weighted by atomic mass is 10.1. The van der Waals surface area contributed by atoms with Gasteiger partial charge in [-0.3, -0.25) is 14.4 Å². The number of aryl methyl sites for hydroxylation is 1. The fourth-order valence-corrected chi connectivity index (χ4v) is 3.90. The van der Waals surface area contributed by atoms with E-state index in [9.17, 15) is 23.2 Å². The van der Waals surface area contributed by atoms with Crippen molar-refractivity contribution in [3.63, 3.8) is 0 Å². The molecule has 0 bridgehead atoms. The Morgan fingerprint density at radius 3 is 2.62 bits per heavy atom. The summed E-state index contributed by atoms with van der Waals surface area (Å²) in [6.45, 7) is 1.73. The van der Waals surface area contributed by atoms with E-state index in [2.05, 4.69) is 5.32 Å². The number of halogens is 2. The van der Waals surface area contributed by atoms with Crippen molar-refractivity contribution < 1.29 is 23.2 Å². The standard InChI is InChI=1S/C21H19F2N3O3/c1-12-9-13(22)4-6-16(12)24-19(27)11-26-17-7-5-14(23)10-15(17)20(28)25-8-2-3-18(25)21(26)29/h4-7,9-10,18H,2-3,8,11H2,1H3,(H,24,27). The molecule has 1 atom stereocenters. The molecular weight excluding hydrogens is 380 g/mol. The SMILES string of the molecule is Cc1cc(F)ccc1NC(=O)CN1C(=O)C2CCCN2C(=O)c2cc(F)ccc21.